The average Bonchev–Trinajstić information content (AvgIpc) is 2.64. The van der Waals surface area contributed by atoms with Gasteiger partial charge < -0.3 is 10.3 Å². The molecule has 0 unspecified atom stereocenters. The van der Waals surface area contributed by atoms with Gasteiger partial charge in [0.05, 0.1) is 5.69 Å². The molecule has 2 heterocycles. The van der Waals surface area contributed by atoms with Crippen LogP contribution >= 0.6 is 0 Å². The Morgan fingerprint density at radius 2 is 1.54 bits per heavy atom. The summed E-state index contributed by atoms with van der Waals surface area (Å²) in [5, 5.41) is 14.0. The van der Waals surface area contributed by atoms with Crippen molar-refractivity contribution < 1.29 is 0 Å². The number of anilines is 2. The van der Waals surface area contributed by atoms with Crippen molar-refractivity contribution in [1.29, 1.82) is 0 Å². The highest BCUT2D eigenvalue weighted by molar-refractivity contribution is 6.00. The summed E-state index contributed by atoms with van der Waals surface area (Å²) in [6.45, 7) is 0. The van der Waals surface area contributed by atoms with Crippen molar-refractivity contribution in [1.82, 2.24) is 15.2 Å². The minimum absolute atomic E-state index is 0.143. The lowest BCUT2D eigenvalue weighted by Crippen LogP contribution is -2.04. The molecule has 0 radical (unpaired) electrons. The molecule has 4 rings (SSSR count). The number of hydrogen-bond donors (Lipinski definition) is 2. The summed E-state index contributed by atoms with van der Waals surface area (Å²) in [6, 6.07) is 21.2. The average molecular weight is 314 g/mol. The normalized spacial score (nSPS) is 10.7. The fourth-order valence-corrected chi connectivity index (χ4v) is 2.63. The minimum Gasteiger partial charge on any atom is -0.337 e. The lowest BCUT2D eigenvalue weighted by atomic mass is 10.0. The summed E-state index contributed by atoms with van der Waals surface area (Å²) < 4.78 is 0. The van der Waals surface area contributed by atoms with Crippen molar-refractivity contribution in [2.45, 2.75) is 0 Å². The summed E-state index contributed by atoms with van der Waals surface area (Å²) in [6.07, 6.45) is 1.61. The van der Waals surface area contributed by atoms with Crippen molar-refractivity contribution in [3.05, 3.63) is 83.3 Å². The van der Waals surface area contributed by atoms with E-state index in [1.54, 1.807) is 12.3 Å². The number of aromatic amines is 1. The van der Waals surface area contributed by atoms with Crippen LogP contribution in [-0.2, 0) is 0 Å². The molecule has 2 aromatic carbocycles. The number of hydrogen-bond acceptors (Lipinski definition) is 4. The van der Waals surface area contributed by atoms with Gasteiger partial charge in [0.15, 0.2) is 5.82 Å². The third kappa shape index (κ3) is 2.63. The number of pyridine rings is 1. The van der Waals surface area contributed by atoms with Crippen molar-refractivity contribution in [3.63, 3.8) is 0 Å². The standard InChI is InChI=1S/C19H14N4O/c24-17-11-10-14(12-20-17)21-19-16-9-5-4-8-15(16)18(22-23-19)13-6-2-1-3-7-13/h1-12H,(H,20,24)(H,21,23). The summed E-state index contributed by atoms with van der Waals surface area (Å²) >= 11 is 0. The second-order valence-corrected chi connectivity index (χ2v) is 5.38. The molecule has 0 amide bonds. The second-order valence-electron chi connectivity index (χ2n) is 5.38. The first-order valence-corrected chi connectivity index (χ1v) is 7.58. The zero-order valence-electron chi connectivity index (χ0n) is 12.7. The SMILES string of the molecule is O=c1ccc(Nc2nnc(-c3ccccc3)c3ccccc23)c[nH]1. The van der Waals surface area contributed by atoms with Gasteiger partial charge in [-0.3, -0.25) is 4.79 Å². The zero-order chi connectivity index (χ0) is 16.4. The van der Waals surface area contributed by atoms with Crippen LogP contribution in [0.2, 0.25) is 0 Å². The third-order valence-corrected chi connectivity index (χ3v) is 3.78. The van der Waals surface area contributed by atoms with Crippen LogP contribution in [0.4, 0.5) is 11.5 Å². The van der Waals surface area contributed by atoms with Crippen molar-refractivity contribution in [2.75, 3.05) is 5.32 Å². The van der Waals surface area contributed by atoms with Crippen LogP contribution in [0.5, 0.6) is 0 Å². The molecular weight excluding hydrogens is 300 g/mol. The predicted molar refractivity (Wildman–Crippen MR) is 95.3 cm³/mol. The van der Waals surface area contributed by atoms with Crippen LogP contribution in [-0.4, -0.2) is 15.2 Å². The molecule has 0 aliphatic carbocycles. The molecule has 0 spiro atoms. The first kappa shape index (κ1) is 14.1. The summed E-state index contributed by atoms with van der Waals surface area (Å²) in [5.41, 5.74) is 2.48. The second kappa shape index (κ2) is 5.96. The van der Waals surface area contributed by atoms with E-state index >= 15 is 0 Å². The zero-order valence-corrected chi connectivity index (χ0v) is 12.7. The van der Waals surface area contributed by atoms with Gasteiger partial charge in [0.2, 0.25) is 5.56 Å². The van der Waals surface area contributed by atoms with Gasteiger partial charge in [0.1, 0.15) is 5.69 Å². The highest BCUT2D eigenvalue weighted by atomic mass is 16.1. The van der Waals surface area contributed by atoms with Crippen LogP contribution in [0.15, 0.2) is 77.7 Å². The highest BCUT2D eigenvalue weighted by Crippen LogP contribution is 2.30. The van der Waals surface area contributed by atoms with Crippen molar-refractivity contribution in [2.24, 2.45) is 0 Å². The number of aromatic nitrogens is 3. The molecule has 5 nitrogen and oxygen atoms in total. The van der Waals surface area contributed by atoms with Gasteiger partial charge in [-0.25, -0.2) is 0 Å². The molecule has 24 heavy (non-hydrogen) atoms. The molecule has 4 aromatic rings. The number of H-pyrrole nitrogens is 1. The van der Waals surface area contributed by atoms with Crippen LogP contribution in [0, 0.1) is 0 Å². The lowest BCUT2D eigenvalue weighted by Gasteiger charge is -2.11. The molecule has 0 aliphatic rings. The van der Waals surface area contributed by atoms with E-state index in [2.05, 4.69) is 20.5 Å². The molecule has 5 heteroatoms. The first-order chi connectivity index (χ1) is 11.8. The molecule has 0 aliphatic heterocycles. The molecule has 0 bridgehead atoms. The number of nitrogens with one attached hydrogen (secondary N) is 2. The van der Waals surface area contributed by atoms with E-state index in [0.29, 0.717) is 5.82 Å². The Kier molecular flexibility index (Phi) is 3.51. The van der Waals surface area contributed by atoms with Crippen LogP contribution in [0.3, 0.4) is 0 Å². The van der Waals surface area contributed by atoms with E-state index in [-0.39, 0.29) is 5.56 Å². The van der Waals surface area contributed by atoms with Gasteiger partial charge in [-0.15, -0.1) is 10.2 Å². The van der Waals surface area contributed by atoms with Crippen molar-refractivity contribution >= 4 is 22.3 Å². The van der Waals surface area contributed by atoms with Crippen molar-refractivity contribution in [3.8, 4) is 11.3 Å². The smallest absolute Gasteiger partial charge is 0.248 e. The number of fused-ring (bicyclic) bond motifs is 1. The molecular formula is C19H14N4O. The quantitative estimate of drug-likeness (QED) is 0.604. The monoisotopic (exact) mass is 314 g/mol. The number of benzene rings is 2. The van der Waals surface area contributed by atoms with Crippen LogP contribution in [0.1, 0.15) is 0 Å². The van der Waals surface area contributed by atoms with E-state index in [1.807, 2.05) is 54.6 Å². The predicted octanol–water partition coefficient (Wildman–Crippen LogP) is 3.73. The summed E-state index contributed by atoms with van der Waals surface area (Å²) in [7, 11) is 0. The Balaban J connectivity index is 1.84. The Morgan fingerprint density at radius 1 is 0.792 bits per heavy atom. The maximum atomic E-state index is 11.2. The topological polar surface area (TPSA) is 70.7 Å². The number of rotatable bonds is 3. The molecule has 0 saturated heterocycles. The van der Waals surface area contributed by atoms with Crippen LogP contribution in [0.25, 0.3) is 22.0 Å². The van der Waals surface area contributed by atoms with E-state index in [1.165, 1.54) is 6.07 Å². The van der Waals surface area contributed by atoms with E-state index in [9.17, 15) is 4.79 Å². The fraction of sp³-hybridized carbons (Fsp3) is 0. The fourth-order valence-electron chi connectivity index (χ4n) is 2.63. The van der Waals surface area contributed by atoms with E-state index in [0.717, 1.165) is 27.7 Å². The Bertz CT molecular complexity index is 1040. The van der Waals surface area contributed by atoms with Gasteiger partial charge in [0, 0.05) is 28.6 Å². The molecule has 0 saturated carbocycles. The molecule has 116 valence electrons. The van der Waals surface area contributed by atoms with Crippen LogP contribution < -0.4 is 10.9 Å². The molecule has 0 fully saturated rings. The van der Waals surface area contributed by atoms with Gasteiger partial charge in [0.25, 0.3) is 0 Å². The summed E-state index contributed by atoms with van der Waals surface area (Å²) in [4.78, 5) is 13.8. The van der Waals surface area contributed by atoms with Gasteiger partial charge >= 0.3 is 0 Å². The lowest BCUT2D eigenvalue weighted by molar-refractivity contribution is 1.06. The Hall–Kier alpha value is -3.47. The molecule has 2 aromatic heterocycles. The Labute approximate surface area is 138 Å². The maximum Gasteiger partial charge on any atom is 0.248 e. The first-order valence-electron chi connectivity index (χ1n) is 7.58. The Morgan fingerprint density at radius 3 is 2.29 bits per heavy atom. The van der Waals surface area contributed by atoms with Gasteiger partial charge in [-0.2, -0.15) is 0 Å². The summed E-state index contributed by atoms with van der Waals surface area (Å²) in [5.74, 6) is 0.650. The largest absolute Gasteiger partial charge is 0.337 e. The third-order valence-electron chi connectivity index (χ3n) is 3.78. The maximum absolute atomic E-state index is 11.2. The van der Waals surface area contributed by atoms with E-state index < -0.39 is 0 Å². The molecule has 0 atom stereocenters. The van der Waals surface area contributed by atoms with Gasteiger partial charge in [-0.1, -0.05) is 54.6 Å². The highest BCUT2D eigenvalue weighted by Gasteiger charge is 2.10. The van der Waals surface area contributed by atoms with E-state index in [4.69, 9.17) is 0 Å². The molecule has 2 N–H and O–H groups in total. The minimum atomic E-state index is -0.143. The number of nitrogens with zero attached hydrogens (tertiary/aromatic N) is 2. The van der Waals surface area contributed by atoms with Gasteiger partial charge in [-0.05, 0) is 6.07 Å².